The lowest BCUT2D eigenvalue weighted by Crippen LogP contribution is -2.31. The maximum absolute atomic E-state index is 14.1. The molecule has 0 bridgehead atoms. The molecule has 0 saturated carbocycles. The topological polar surface area (TPSA) is 67.4 Å². The van der Waals surface area contributed by atoms with Gasteiger partial charge in [0.25, 0.3) is 0 Å². The van der Waals surface area contributed by atoms with Crippen LogP contribution in [0.25, 0.3) is 0 Å². The first-order valence-electron chi connectivity index (χ1n) is 8.21. The number of aromatic nitrogens is 2. The van der Waals surface area contributed by atoms with E-state index in [4.69, 9.17) is 4.74 Å². The van der Waals surface area contributed by atoms with Crippen LogP contribution in [0.4, 0.5) is 9.52 Å². The molecule has 2 aliphatic heterocycles. The second kappa shape index (κ2) is 6.12. The number of ether oxygens (including phenoxy) is 1. The van der Waals surface area contributed by atoms with Crippen molar-refractivity contribution in [1.29, 1.82) is 0 Å². The van der Waals surface area contributed by atoms with Gasteiger partial charge in [-0.1, -0.05) is 11.3 Å². The average molecular weight is 362 g/mol. The molecule has 8 heteroatoms. The molecule has 0 aromatic carbocycles. The van der Waals surface area contributed by atoms with Gasteiger partial charge in [0, 0.05) is 44.0 Å². The van der Waals surface area contributed by atoms with E-state index in [1.807, 2.05) is 12.3 Å². The van der Waals surface area contributed by atoms with Gasteiger partial charge in [0.2, 0.25) is 11.9 Å². The lowest BCUT2D eigenvalue weighted by Gasteiger charge is -2.24. The number of anilines is 1. The number of amides is 1. The monoisotopic (exact) mass is 362 g/mol. The molecule has 1 fully saturated rings. The molecular formula is C17H19FN4O2S. The second-order valence-electron chi connectivity index (χ2n) is 6.69. The van der Waals surface area contributed by atoms with Crippen molar-refractivity contribution in [3.8, 4) is 0 Å². The first kappa shape index (κ1) is 16.6. The van der Waals surface area contributed by atoms with Crippen molar-refractivity contribution in [3.63, 3.8) is 0 Å². The zero-order chi connectivity index (χ0) is 17.6. The third-order valence-electron chi connectivity index (χ3n) is 4.89. The van der Waals surface area contributed by atoms with E-state index in [0.29, 0.717) is 29.7 Å². The van der Waals surface area contributed by atoms with Crippen molar-refractivity contribution in [2.45, 2.75) is 45.1 Å². The summed E-state index contributed by atoms with van der Waals surface area (Å²) in [4.78, 5) is 21.9. The van der Waals surface area contributed by atoms with E-state index in [1.54, 1.807) is 6.20 Å². The largest absolute Gasteiger partial charge is 0.364 e. The Balaban J connectivity index is 1.54. The van der Waals surface area contributed by atoms with Gasteiger partial charge in [-0.2, -0.15) is 9.37 Å². The zero-order valence-corrected chi connectivity index (χ0v) is 14.9. The van der Waals surface area contributed by atoms with Crippen molar-refractivity contribution < 1.29 is 13.9 Å². The van der Waals surface area contributed by atoms with Crippen LogP contribution in [0.5, 0.6) is 0 Å². The van der Waals surface area contributed by atoms with Gasteiger partial charge in [0.15, 0.2) is 5.13 Å². The van der Waals surface area contributed by atoms with Crippen molar-refractivity contribution >= 4 is 22.4 Å². The van der Waals surface area contributed by atoms with E-state index < -0.39 is 5.95 Å². The summed E-state index contributed by atoms with van der Waals surface area (Å²) >= 11 is 1.18. The number of halogens is 1. The lowest BCUT2D eigenvalue weighted by molar-refractivity contribution is -0.114. The molecule has 1 spiro atoms. The molecule has 0 unspecified atom stereocenters. The molecule has 2 aromatic heterocycles. The maximum Gasteiger partial charge on any atom is 0.230 e. The van der Waals surface area contributed by atoms with E-state index in [1.165, 1.54) is 23.8 Å². The summed E-state index contributed by atoms with van der Waals surface area (Å²) in [6.45, 7) is 5.25. The van der Waals surface area contributed by atoms with Crippen LogP contribution in [-0.4, -0.2) is 33.4 Å². The number of nitrogens with zero attached hydrogens (tertiary/aromatic N) is 3. The Morgan fingerprint density at radius 3 is 3.24 bits per heavy atom. The van der Waals surface area contributed by atoms with Gasteiger partial charge in [-0.3, -0.25) is 14.7 Å². The Morgan fingerprint density at radius 2 is 2.44 bits per heavy atom. The number of rotatable bonds is 3. The summed E-state index contributed by atoms with van der Waals surface area (Å²) in [6.07, 6.45) is 4.53. The highest BCUT2D eigenvalue weighted by Gasteiger charge is 2.48. The molecule has 0 radical (unpaired) electrons. The van der Waals surface area contributed by atoms with Gasteiger partial charge < -0.3 is 10.1 Å². The number of carbonyl (C=O) groups excluding carboxylic acids is 1. The lowest BCUT2D eigenvalue weighted by atomic mass is 9.92. The average Bonchev–Trinajstić information content (AvgIpc) is 3.18. The number of hydrogen-bond donors (Lipinski definition) is 1. The van der Waals surface area contributed by atoms with Crippen molar-refractivity contribution in [1.82, 2.24) is 14.9 Å². The third kappa shape index (κ3) is 2.94. The number of carbonyl (C=O) groups is 1. The molecule has 25 heavy (non-hydrogen) atoms. The maximum atomic E-state index is 14.1. The van der Waals surface area contributed by atoms with E-state index in [-0.39, 0.29) is 17.6 Å². The summed E-state index contributed by atoms with van der Waals surface area (Å²) in [5, 5.41) is 2.84. The number of nitrogens with one attached hydrogen (secondary N) is 1. The second-order valence-corrected chi connectivity index (χ2v) is 7.77. The quantitative estimate of drug-likeness (QED) is 0.909. The fourth-order valence-electron chi connectivity index (χ4n) is 3.74. The molecule has 2 atom stereocenters. The van der Waals surface area contributed by atoms with Gasteiger partial charge in [-0.15, -0.1) is 0 Å². The number of hydrogen-bond acceptors (Lipinski definition) is 6. The highest BCUT2D eigenvalue weighted by Crippen LogP contribution is 2.45. The van der Waals surface area contributed by atoms with E-state index in [0.717, 1.165) is 12.0 Å². The van der Waals surface area contributed by atoms with Crippen LogP contribution in [0, 0.1) is 5.95 Å². The van der Waals surface area contributed by atoms with Crippen LogP contribution in [0.3, 0.4) is 0 Å². The van der Waals surface area contributed by atoms with E-state index >= 15 is 0 Å². The molecule has 1 saturated heterocycles. The Hall–Kier alpha value is -1.90. The predicted molar refractivity (Wildman–Crippen MR) is 91.6 cm³/mol. The van der Waals surface area contributed by atoms with Crippen molar-refractivity contribution in [3.05, 3.63) is 40.4 Å². The van der Waals surface area contributed by atoms with Gasteiger partial charge in [-0.25, -0.2) is 0 Å². The first-order chi connectivity index (χ1) is 12.0. The van der Waals surface area contributed by atoms with Crippen molar-refractivity contribution in [2.24, 2.45) is 0 Å². The fraction of sp³-hybridized carbons (Fsp3) is 0.471. The van der Waals surface area contributed by atoms with Crippen LogP contribution in [0.2, 0.25) is 0 Å². The molecule has 2 aliphatic rings. The minimum atomic E-state index is -0.517. The molecule has 1 amide bonds. The molecule has 4 rings (SSSR count). The SMILES string of the molecule is CC(=O)Nc1nc(F)c(CN2C[C@]3(C[C@@H]2C)OCc2ccncc23)s1. The van der Waals surface area contributed by atoms with Gasteiger partial charge in [0.05, 0.1) is 11.5 Å². The summed E-state index contributed by atoms with van der Waals surface area (Å²) < 4.78 is 20.3. The number of fused-ring (bicyclic) bond motifs is 2. The highest BCUT2D eigenvalue weighted by molar-refractivity contribution is 7.15. The number of likely N-dealkylation sites (tertiary alicyclic amines) is 1. The highest BCUT2D eigenvalue weighted by atomic mass is 32.1. The summed E-state index contributed by atoms with van der Waals surface area (Å²) in [6, 6.07) is 2.25. The summed E-state index contributed by atoms with van der Waals surface area (Å²) in [5.74, 6) is -0.770. The third-order valence-corrected chi connectivity index (χ3v) is 5.82. The fourth-order valence-corrected chi connectivity index (χ4v) is 4.65. The normalized spacial score (nSPS) is 25.5. The predicted octanol–water partition coefficient (Wildman–Crippen LogP) is 2.66. The Bertz CT molecular complexity index is 827. The molecule has 132 valence electrons. The summed E-state index contributed by atoms with van der Waals surface area (Å²) in [5.41, 5.74) is 1.97. The minimum absolute atomic E-state index is 0.247. The molecule has 1 N–H and O–H groups in total. The molecule has 2 aromatic rings. The smallest absolute Gasteiger partial charge is 0.230 e. The van der Waals surface area contributed by atoms with Gasteiger partial charge in [-0.05, 0) is 25.0 Å². The first-order valence-corrected chi connectivity index (χ1v) is 9.03. The van der Waals surface area contributed by atoms with E-state index in [9.17, 15) is 9.18 Å². The molecule has 4 heterocycles. The Kier molecular flexibility index (Phi) is 4.05. The Labute approximate surface area is 149 Å². The van der Waals surface area contributed by atoms with Crippen LogP contribution >= 0.6 is 11.3 Å². The van der Waals surface area contributed by atoms with Gasteiger partial charge in [0.1, 0.15) is 5.60 Å². The molecule has 6 nitrogen and oxygen atoms in total. The minimum Gasteiger partial charge on any atom is -0.364 e. The van der Waals surface area contributed by atoms with Crippen LogP contribution in [0.15, 0.2) is 18.5 Å². The zero-order valence-electron chi connectivity index (χ0n) is 14.1. The molecule has 0 aliphatic carbocycles. The van der Waals surface area contributed by atoms with Crippen LogP contribution in [0.1, 0.15) is 36.3 Å². The molecular weight excluding hydrogens is 343 g/mol. The Morgan fingerprint density at radius 1 is 1.60 bits per heavy atom. The number of pyridine rings is 1. The van der Waals surface area contributed by atoms with Crippen molar-refractivity contribution in [2.75, 3.05) is 11.9 Å². The van der Waals surface area contributed by atoms with E-state index in [2.05, 4.69) is 27.1 Å². The number of thiazole rings is 1. The summed E-state index contributed by atoms with van der Waals surface area (Å²) in [7, 11) is 0. The van der Waals surface area contributed by atoms with Crippen LogP contribution in [-0.2, 0) is 28.3 Å². The van der Waals surface area contributed by atoms with Crippen LogP contribution < -0.4 is 5.32 Å². The van der Waals surface area contributed by atoms with Gasteiger partial charge >= 0.3 is 0 Å². The standard InChI is InChI=1S/C17H19FN4O2S/c1-10-5-17(13-6-19-4-3-12(13)8-24-17)9-22(10)7-14-15(18)21-16(25-14)20-11(2)23/h3-4,6,10H,5,7-9H2,1-2H3,(H,20,21,23)/t10-,17-/m0/s1.